The van der Waals surface area contributed by atoms with Crippen LogP contribution in [-0.4, -0.2) is 34.0 Å². The standard InChI is InChI=1S/C33H32N4O2/c38-33(36-22-24-5-2-1-3-6-24)29-10-11-30-28(21-29)9-8-27-7-4-16-35-32(27)31(30)26-14-19-37(20-15-26)39-23-25-12-17-34-18-13-25/h1-7,10-13,16-18,21H,8-9,14-15,19-20,22-23H2,(H,36,38). The largest absolute Gasteiger partial charge is 0.348 e. The molecule has 2 aromatic heterocycles. The van der Waals surface area contributed by atoms with Gasteiger partial charge in [-0.05, 0) is 83.8 Å². The average molecular weight is 517 g/mol. The van der Waals surface area contributed by atoms with E-state index in [-0.39, 0.29) is 5.91 Å². The maximum absolute atomic E-state index is 13.0. The fourth-order valence-electron chi connectivity index (χ4n) is 5.47. The molecule has 6 rings (SSSR count). The van der Waals surface area contributed by atoms with Crippen molar-refractivity contribution < 1.29 is 9.63 Å². The van der Waals surface area contributed by atoms with Crippen molar-refractivity contribution in [2.75, 3.05) is 13.1 Å². The Balaban J connectivity index is 1.23. The lowest BCUT2D eigenvalue weighted by molar-refractivity contribution is -0.173. The van der Waals surface area contributed by atoms with Gasteiger partial charge in [0.15, 0.2) is 0 Å². The number of aromatic nitrogens is 2. The minimum absolute atomic E-state index is 0.0459. The van der Waals surface area contributed by atoms with Crippen LogP contribution in [0.1, 0.15) is 56.7 Å². The number of aryl methyl sites for hydroxylation is 2. The molecule has 6 heteroatoms. The van der Waals surface area contributed by atoms with Crippen LogP contribution in [0.4, 0.5) is 0 Å². The molecule has 1 aliphatic heterocycles. The molecule has 0 atom stereocenters. The van der Waals surface area contributed by atoms with Crippen molar-refractivity contribution in [3.8, 4) is 0 Å². The van der Waals surface area contributed by atoms with Crippen LogP contribution < -0.4 is 5.32 Å². The zero-order valence-electron chi connectivity index (χ0n) is 22.0. The molecular weight excluding hydrogens is 484 g/mol. The first-order valence-corrected chi connectivity index (χ1v) is 13.6. The number of hydrogen-bond donors (Lipinski definition) is 1. The Labute approximate surface area is 229 Å². The first-order valence-electron chi connectivity index (χ1n) is 13.6. The van der Waals surface area contributed by atoms with Gasteiger partial charge in [0, 0.05) is 49.4 Å². The number of nitrogens with zero attached hydrogens (tertiary/aromatic N) is 3. The first-order chi connectivity index (χ1) is 19.2. The number of hydrogen-bond acceptors (Lipinski definition) is 5. The lowest BCUT2D eigenvalue weighted by Crippen LogP contribution is -2.31. The molecule has 4 aromatic rings. The second-order valence-electron chi connectivity index (χ2n) is 10.1. The highest BCUT2D eigenvalue weighted by Crippen LogP contribution is 2.38. The Hall–Kier alpha value is -4.13. The number of rotatable bonds is 6. The van der Waals surface area contributed by atoms with Crippen molar-refractivity contribution in [3.05, 3.63) is 136 Å². The summed E-state index contributed by atoms with van der Waals surface area (Å²) in [5, 5.41) is 5.14. The molecule has 3 heterocycles. The maximum Gasteiger partial charge on any atom is 0.251 e. The van der Waals surface area contributed by atoms with Gasteiger partial charge in [0.25, 0.3) is 5.91 Å². The summed E-state index contributed by atoms with van der Waals surface area (Å²) in [6, 6.07) is 24.4. The van der Waals surface area contributed by atoms with Gasteiger partial charge >= 0.3 is 0 Å². The van der Waals surface area contributed by atoms with E-state index in [1.807, 2.05) is 60.8 Å². The van der Waals surface area contributed by atoms with Crippen LogP contribution in [0.2, 0.25) is 0 Å². The number of fused-ring (bicyclic) bond motifs is 2. The van der Waals surface area contributed by atoms with Crippen molar-refractivity contribution in [1.82, 2.24) is 20.3 Å². The highest BCUT2D eigenvalue weighted by Gasteiger charge is 2.26. The van der Waals surface area contributed by atoms with E-state index >= 15 is 0 Å². The highest BCUT2D eigenvalue weighted by atomic mass is 16.7. The number of amides is 1. The predicted molar refractivity (Wildman–Crippen MR) is 152 cm³/mol. The average Bonchev–Trinajstić information content (AvgIpc) is 3.17. The molecule has 1 N–H and O–H groups in total. The highest BCUT2D eigenvalue weighted by molar-refractivity contribution is 5.95. The SMILES string of the molecule is O=C(NCc1ccccc1)c1ccc2c(c1)CCc1cccnc1C2=C1CCN(OCc2ccncc2)CC1. The van der Waals surface area contributed by atoms with E-state index in [9.17, 15) is 4.79 Å². The van der Waals surface area contributed by atoms with Crippen LogP contribution in [0.3, 0.4) is 0 Å². The molecule has 1 fully saturated rings. The summed E-state index contributed by atoms with van der Waals surface area (Å²) < 4.78 is 0. The summed E-state index contributed by atoms with van der Waals surface area (Å²) in [6.07, 6.45) is 9.10. The van der Waals surface area contributed by atoms with Crippen LogP contribution in [0, 0.1) is 0 Å². The lowest BCUT2D eigenvalue weighted by atomic mass is 9.88. The molecule has 0 unspecified atom stereocenters. The number of pyridine rings is 2. The van der Waals surface area contributed by atoms with Crippen molar-refractivity contribution >= 4 is 11.5 Å². The minimum Gasteiger partial charge on any atom is -0.348 e. The third-order valence-electron chi connectivity index (χ3n) is 7.57. The Bertz CT molecular complexity index is 1470. The van der Waals surface area contributed by atoms with E-state index in [1.165, 1.54) is 27.8 Å². The number of benzene rings is 2. The first kappa shape index (κ1) is 25.2. The van der Waals surface area contributed by atoms with Crippen molar-refractivity contribution in [3.63, 3.8) is 0 Å². The fourth-order valence-corrected chi connectivity index (χ4v) is 5.47. The van der Waals surface area contributed by atoms with E-state index in [0.29, 0.717) is 18.7 Å². The smallest absolute Gasteiger partial charge is 0.251 e. The summed E-state index contributed by atoms with van der Waals surface area (Å²) in [4.78, 5) is 28.1. The zero-order chi connectivity index (χ0) is 26.4. The molecule has 2 aliphatic rings. The molecule has 1 aliphatic carbocycles. The number of carbonyl (C=O) groups is 1. The van der Waals surface area contributed by atoms with Gasteiger partial charge in [0.05, 0.1) is 12.3 Å². The summed E-state index contributed by atoms with van der Waals surface area (Å²) in [5.41, 5.74) is 10.3. The van der Waals surface area contributed by atoms with Crippen LogP contribution in [0.25, 0.3) is 5.57 Å². The van der Waals surface area contributed by atoms with Crippen molar-refractivity contribution in [2.45, 2.75) is 38.8 Å². The topological polar surface area (TPSA) is 67.4 Å². The number of hydroxylamine groups is 2. The molecule has 0 spiro atoms. The maximum atomic E-state index is 13.0. The van der Waals surface area contributed by atoms with Gasteiger partial charge < -0.3 is 5.32 Å². The van der Waals surface area contributed by atoms with Crippen LogP contribution in [-0.2, 0) is 30.8 Å². The van der Waals surface area contributed by atoms with Crippen LogP contribution in [0.15, 0.2) is 97.0 Å². The predicted octanol–water partition coefficient (Wildman–Crippen LogP) is 5.53. The molecule has 0 radical (unpaired) electrons. The van der Waals surface area contributed by atoms with Crippen molar-refractivity contribution in [2.24, 2.45) is 0 Å². The number of piperidine rings is 1. The summed E-state index contributed by atoms with van der Waals surface area (Å²) in [6.45, 7) is 2.74. The van der Waals surface area contributed by atoms with Gasteiger partial charge in [-0.2, -0.15) is 5.06 Å². The number of nitrogens with one attached hydrogen (secondary N) is 1. The van der Waals surface area contributed by atoms with E-state index in [2.05, 4.69) is 33.6 Å². The van der Waals surface area contributed by atoms with Gasteiger partial charge in [0.2, 0.25) is 0 Å². The van der Waals surface area contributed by atoms with Crippen LogP contribution in [0.5, 0.6) is 0 Å². The Morgan fingerprint density at radius 3 is 2.44 bits per heavy atom. The van der Waals surface area contributed by atoms with Crippen molar-refractivity contribution in [1.29, 1.82) is 0 Å². The summed E-state index contributed by atoms with van der Waals surface area (Å²) in [5.74, 6) is -0.0459. The quantitative estimate of drug-likeness (QED) is 0.365. The molecule has 39 heavy (non-hydrogen) atoms. The van der Waals surface area contributed by atoms with Gasteiger partial charge in [-0.15, -0.1) is 0 Å². The third-order valence-corrected chi connectivity index (χ3v) is 7.57. The Morgan fingerprint density at radius 1 is 0.821 bits per heavy atom. The van der Waals surface area contributed by atoms with Gasteiger partial charge in [-0.1, -0.05) is 48.0 Å². The Kier molecular flexibility index (Phi) is 7.56. The van der Waals surface area contributed by atoms with Gasteiger partial charge in [-0.3, -0.25) is 19.6 Å². The molecule has 2 aromatic carbocycles. The minimum atomic E-state index is -0.0459. The monoisotopic (exact) mass is 516 g/mol. The lowest BCUT2D eigenvalue weighted by Gasteiger charge is -2.29. The number of carbonyl (C=O) groups excluding carboxylic acids is 1. The molecule has 0 saturated carbocycles. The second-order valence-corrected chi connectivity index (χ2v) is 10.1. The molecule has 196 valence electrons. The Morgan fingerprint density at radius 2 is 1.62 bits per heavy atom. The molecule has 0 bridgehead atoms. The van der Waals surface area contributed by atoms with E-state index in [0.717, 1.165) is 55.6 Å². The van der Waals surface area contributed by atoms with Gasteiger partial charge in [-0.25, -0.2) is 0 Å². The summed E-state index contributed by atoms with van der Waals surface area (Å²) in [7, 11) is 0. The second kappa shape index (κ2) is 11.7. The zero-order valence-corrected chi connectivity index (χ0v) is 22.0. The molecular formula is C33H32N4O2. The fraction of sp³-hybridized carbons (Fsp3) is 0.242. The molecule has 1 amide bonds. The summed E-state index contributed by atoms with van der Waals surface area (Å²) >= 11 is 0. The third kappa shape index (κ3) is 5.82. The van der Waals surface area contributed by atoms with E-state index in [1.54, 1.807) is 12.4 Å². The van der Waals surface area contributed by atoms with Crippen LogP contribution >= 0.6 is 0 Å². The van der Waals surface area contributed by atoms with E-state index < -0.39 is 0 Å². The molecule has 6 nitrogen and oxygen atoms in total. The van der Waals surface area contributed by atoms with E-state index in [4.69, 9.17) is 9.82 Å². The van der Waals surface area contributed by atoms with Gasteiger partial charge in [0.1, 0.15) is 0 Å². The molecule has 1 saturated heterocycles. The normalized spacial score (nSPS) is 15.3.